The fraction of sp³-hybridized carbons (Fsp3) is 0.273. The topological polar surface area (TPSA) is 127 Å². The number of hydrogen-bond acceptors (Lipinski definition) is 5. The number of carbonyl (C=O) groups excluding carboxylic acids is 1. The Morgan fingerprint density at radius 1 is 1.55 bits per heavy atom. The van der Waals surface area contributed by atoms with Crippen molar-refractivity contribution in [2.45, 2.75) is 6.42 Å². The van der Waals surface area contributed by atoms with Gasteiger partial charge in [-0.3, -0.25) is 19.7 Å². The number of nitro benzene ring substituents is 1. The Balaban J connectivity index is 2.39. The number of amides is 1. The minimum Gasteiger partial charge on any atom is -0.481 e. The molecule has 3 N–H and O–H groups in total. The summed E-state index contributed by atoms with van der Waals surface area (Å²) in [6.07, 6.45) is -0.215. The number of hydrogen-bond donors (Lipinski definition) is 2. The Morgan fingerprint density at radius 3 is 2.70 bits per heavy atom. The highest BCUT2D eigenvalue weighted by molar-refractivity contribution is 6.01. The van der Waals surface area contributed by atoms with Crippen molar-refractivity contribution in [2.75, 3.05) is 17.2 Å². The molecule has 2 rings (SSSR count). The van der Waals surface area contributed by atoms with Crippen molar-refractivity contribution in [2.24, 2.45) is 5.92 Å². The number of carbonyl (C=O) groups is 2. The van der Waals surface area contributed by atoms with E-state index in [4.69, 9.17) is 10.8 Å². The Kier molecular flexibility index (Phi) is 3.26. The minimum absolute atomic E-state index is 0.0538. The standard InChI is InChI=1S/C11H10FN3O5/c12-6-2-9(7(13)3-8(6)15(19)20)14-4-5(11(17)18)1-10(14)16/h2-3,5H,1,4,13H2,(H,17,18). The van der Waals surface area contributed by atoms with Gasteiger partial charge in [-0.15, -0.1) is 0 Å². The van der Waals surface area contributed by atoms with Gasteiger partial charge < -0.3 is 15.7 Å². The molecule has 1 unspecified atom stereocenters. The minimum atomic E-state index is -1.14. The predicted molar refractivity (Wildman–Crippen MR) is 65.6 cm³/mol. The monoisotopic (exact) mass is 283 g/mol. The maximum absolute atomic E-state index is 13.6. The highest BCUT2D eigenvalue weighted by atomic mass is 19.1. The summed E-state index contributed by atoms with van der Waals surface area (Å²) in [5.74, 6) is -3.69. The van der Waals surface area contributed by atoms with Gasteiger partial charge in [0, 0.05) is 25.1 Å². The number of carboxylic acids is 1. The van der Waals surface area contributed by atoms with E-state index >= 15 is 0 Å². The molecule has 8 nitrogen and oxygen atoms in total. The van der Waals surface area contributed by atoms with Gasteiger partial charge in [0.05, 0.1) is 22.2 Å². The van der Waals surface area contributed by atoms with Crippen LogP contribution in [0.1, 0.15) is 6.42 Å². The Bertz CT molecular complexity index is 618. The third-order valence-electron chi connectivity index (χ3n) is 3.06. The lowest BCUT2D eigenvalue weighted by Gasteiger charge is -2.18. The summed E-state index contributed by atoms with van der Waals surface area (Å²) in [5.41, 5.74) is 4.57. The summed E-state index contributed by atoms with van der Waals surface area (Å²) in [5, 5.41) is 19.4. The smallest absolute Gasteiger partial charge is 0.308 e. The zero-order chi connectivity index (χ0) is 15.0. The number of rotatable bonds is 3. The lowest BCUT2D eigenvalue weighted by Crippen LogP contribution is -2.26. The molecular formula is C11H10FN3O5. The number of nitrogen functional groups attached to an aromatic ring is 1. The second kappa shape index (κ2) is 4.76. The van der Waals surface area contributed by atoms with Crippen molar-refractivity contribution in [3.8, 4) is 0 Å². The van der Waals surface area contributed by atoms with Crippen LogP contribution in [0.3, 0.4) is 0 Å². The van der Waals surface area contributed by atoms with Crippen LogP contribution < -0.4 is 10.6 Å². The van der Waals surface area contributed by atoms with Crippen molar-refractivity contribution >= 4 is 28.9 Å². The first kappa shape index (κ1) is 13.7. The maximum atomic E-state index is 13.6. The van der Waals surface area contributed by atoms with Gasteiger partial charge in [-0.25, -0.2) is 0 Å². The van der Waals surface area contributed by atoms with Crippen LogP contribution in [0.4, 0.5) is 21.5 Å². The number of carboxylic acid groups (broad SMARTS) is 1. The fourth-order valence-corrected chi connectivity index (χ4v) is 2.05. The Hall–Kier alpha value is -2.71. The third-order valence-corrected chi connectivity index (χ3v) is 3.06. The third kappa shape index (κ3) is 2.25. The lowest BCUT2D eigenvalue weighted by molar-refractivity contribution is -0.387. The van der Waals surface area contributed by atoms with E-state index in [1.807, 2.05) is 0 Å². The average molecular weight is 283 g/mol. The molecule has 1 heterocycles. The Morgan fingerprint density at radius 2 is 2.20 bits per heavy atom. The summed E-state index contributed by atoms with van der Waals surface area (Å²) >= 11 is 0. The molecule has 106 valence electrons. The van der Waals surface area contributed by atoms with Crippen LogP contribution in [0.25, 0.3) is 0 Å². The number of halogens is 1. The van der Waals surface area contributed by atoms with Gasteiger partial charge in [0.25, 0.3) is 0 Å². The second-order valence-electron chi connectivity index (χ2n) is 4.36. The van der Waals surface area contributed by atoms with Crippen molar-refractivity contribution in [1.29, 1.82) is 0 Å². The van der Waals surface area contributed by atoms with Crippen LogP contribution in [0.5, 0.6) is 0 Å². The number of nitro groups is 1. The van der Waals surface area contributed by atoms with Crippen LogP contribution in [-0.2, 0) is 9.59 Å². The first-order chi connectivity index (χ1) is 9.31. The largest absolute Gasteiger partial charge is 0.481 e. The van der Waals surface area contributed by atoms with E-state index in [9.17, 15) is 24.1 Å². The number of anilines is 2. The van der Waals surface area contributed by atoms with Gasteiger partial charge in [0.1, 0.15) is 0 Å². The summed E-state index contributed by atoms with van der Waals surface area (Å²) in [7, 11) is 0. The number of nitrogens with two attached hydrogens (primary N) is 1. The van der Waals surface area contributed by atoms with E-state index in [-0.39, 0.29) is 24.3 Å². The summed E-state index contributed by atoms with van der Waals surface area (Å²) in [4.78, 5) is 33.2. The van der Waals surface area contributed by atoms with Gasteiger partial charge in [-0.1, -0.05) is 0 Å². The highest BCUT2D eigenvalue weighted by Gasteiger charge is 2.36. The van der Waals surface area contributed by atoms with Gasteiger partial charge in [-0.05, 0) is 0 Å². The molecule has 1 fully saturated rings. The van der Waals surface area contributed by atoms with Crippen LogP contribution >= 0.6 is 0 Å². The molecule has 0 aliphatic carbocycles. The first-order valence-electron chi connectivity index (χ1n) is 5.58. The quantitative estimate of drug-likeness (QED) is 0.479. The molecular weight excluding hydrogens is 273 g/mol. The van der Waals surface area contributed by atoms with E-state index in [1.165, 1.54) is 0 Å². The molecule has 1 saturated heterocycles. The summed E-state index contributed by atoms with van der Waals surface area (Å²) in [6, 6.07) is 1.58. The molecule has 0 radical (unpaired) electrons. The van der Waals surface area contributed by atoms with Crippen LogP contribution in [-0.4, -0.2) is 28.5 Å². The van der Waals surface area contributed by atoms with Gasteiger partial charge in [0.2, 0.25) is 11.7 Å². The van der Waals surface area contributed by atoms with E-state index < -0.39 is 34.2 Å². The zero-order valence-corrected chi connectivity index (χ0v) is 10.1. The number of nitrogens with zero attached hydrogens (tertiary/aromatic N) is 2. The number of benzene rings is 1. The van der Waals surface area contributed by atoms with E-state index in [1.54, 1.807) is 0 Å². The summed E-state index contributed by atoms with van der Waals surface area (Å²) < 4.78 is 13.6. The van der Waals surface area contributed by atoms with E-state index in [0.717, 1.165) is 17.0 Å². The molecule has 1 aliphatic rings. The molecule has 0 bridgehead atoms. The molecule has 0 spiro atoms. The lowest BCUT2D eigenvalue weighted by atomic mass is 10.1. The molecule has 1 aromatic carbocycles. The molecule has 20 heavy (non-hydrogen) atoms. The predicted octanol–water partition coefficient (Wildman–Crippen LogP) is 0.754. The molecule has 9 heteroatoms. The van der Waals surface area contributed by atoms with Crippen molar-refractivity contribution in [1.82, 2.24) is 0 Å². The molecule has 1 aliphatic heterocycles. The van der Waals surface area contributed by atoms with Crippen molar-refractivity contribution in [3.05, 3.63) is 28.1 Å². The van der Waals surface area contributed by atoms with Crippen molar-refractivity contribution in [3.63, 3.8) is 0 Å². The molecule has 1 atom stereocenters. The van der Waals surface area contributed by atoms with Crippen LogP contribution in [0.2, 0.25) is 0 Å². The SMILES string of the molecule is Nc1cc([N+](=O)[O-])c(F)cc1N1CC(C(=O)O)CC1=O. The van der Waals surface area contributed by atoms with Crippen LogP contribution in [0, 0.1) is 21.8 Å². The highest BCUT2D eigenvalue weighted by Crippen LogP contribution is 2.34. The second-order valence-corrected chi connectivity index (χ2v) is 4.36. The van der Waals surface area contributed by atoms with E-state index in [0.29, 0.717) is 0 Å². The summed E-state index contributed by atoms with van der Waals surface area (Å²) in [6.45, 7) is -0.143. The molecule has 0 aromatic heterocycles. The van der Waals surface area contributed by atoms with Crippen molar-refractivity contribution < 1.29 is 24.0 Å². The maximum Gasteiger partial charge on any atom is 0.308 e. The first-order valence-corrected chi connectivity index (χ1v) is 5.58. The molecule has 0 saturated carbocycles. The molecule has 1 amide bonds. The van der Waals surface area contributed by atoms with Crippen LogP contribution in [0.15, 0.2) is 12.1 Å². The Labute approximate surface area is 111 Å². The average Bonchev–Trinajstić information content (AvgIpc) is 2.73. The van der Waals surface area contributed by atoms with Gasteiger partial charge >= 0.3 is 11.7 Å². The molecule has 1 aromatic rings. The normalized spacial score (nSPS) is 18.4. The van der Waals surface area contributed by atoms with Gasteiger partial charge in [0.15, 0.2) is 0 Å². The zero-order valence-electron chi connectivity index (χ0n) is 10.1. The number of aliphatic carboxylic acids is 1. The van der Waals surface area contributed by atoms with E-state index in [2.05, 4.69) is 0 Å². The van der Waals surface area contributed by atoms with Gasteiger partial charge in [-0.2, -0.15) is 4.39 Å². The fourth-order valence-electron chi connectivity index (χ4n) is 2.05.